The fourth-order valence-corrected chi connectivity index (χ4v) is 3.60. The van der Waals surface area contributed by atoms with Crippen molar-refractivity contribution >= 4 is 46.7 Å². The largest absolute Gasteiger partial charge is 0.325 e. The number of benzene rings is 2. The number of carbonyl (C=O) groups excluding carboxylic acids is 2. The number of halogens is 1. The van der Waals surface area contributed by atoms with Crippen molar-refractivity contribution in [1.82, 2.24) is 9.78 Å². The summed E-state index contributed by atoms with van der Waals surface area (Å²) < 4.78 is 1.64. The molecule has 0 saturated heterocycles. The van der Waals surface area contributed by atoms with E-state index in [-0.39, 0.29) is 17.6 Å². The number of hydrogen-bond acceptors (Lipinski definition) is 4. The number of hydrogen-bond donors (Lipinski definition) is 2. The lowest BCUT2D eigenvalue weighted by Crippen LogP contribution is -2.26. The summed E-state index contributed by atoms with van der Waals surface area (Å²) in [5.74, 6) is 0.376. The van der Waals surface area contributed by atoms with Gasteiger partial charge in [-0.2, -0.15) is 5.10 Å². The first-order chi connectivity index (χ1) is 14.3. The molecule has 156 valence electrons. The van der Waals surface area contributed by atoms with Gasteiger partial charge in [-0.05, 0) is 51.1 Å². The molecule has 1 unspecified atom stereocenters. The monoisotopic (exact) mass is 442 g/mol. The van der Waals surface area contributed by atoms with Gasteiger partial charge in [0.25, 0.3) is 0 Å². The van der Waals surface area contributed by atoms with Gasteiger partial charge >= 0.3 is 0 Å². The van der Waals surface area contributed by atoms with Crippen molar-refractivity contribution in [2.24, 2.45) is 0 Å². The van der Waals surface area contributed by atoms with Crippen molar-refractivity contribution in [2.75, 3.05) is 16.4 Å². The van der Waals surface area contributed by atoms with Gasteiger partial charge in [-0.25, -0.2) is 4.68 Å². The summed E-state index contributed by atoms with van der Waals surface area (Å²) in [7, 11) is 0. The van der Waals surface area contributed by atoms with Gasteiger partial charge in [0.1, 0.15) is 5.82 Å². The molecule has 0 aliphatic rings. The number of rotatable bonds is 7. The van der Waals surface area contributed by atoms with Gasteiger partial charge in [0.05, 0.1) is 22.4 Å². The van der Waals surface area contributed by atoms with Gasteiger partial charge in [0, 0.05) is 16.8 Å². The molecule has 0 fully saturated rings. The van der Waals surface area contributed by atoms with E-state index in [1.54, 1.807) is 29.8 Å². The predicted octanol–water partition coefficient (Wildman–Crippen LogP) is 4.84. The zero-order valence-electron chi connectivity index (χ0n) is 17.0. The number of amides is 2. The molecular weight excluding hydrogens is 420 g/mol. The Morgan fingerprint density at radius 1 is 1.10 bits per heavy atom. The van der Waals surface area contributed by atoms with Crippen LogP contribution in [0.5, 0.6) is 0 Å². The molecule has 2 amide bonds. The van der Waals surface area contributed by atoms with Crippen molar-refractivity contribution in [3.05, 3.63) is 70.9 Å². The standard InChI is InChI=1S/C22H23ClN4O2S/c1-14-7-9-18(10-8-14)24-21(28)13-30-16(3)22(29)25-20-11-15(2)26-27(20)19-6-4-5-17(23)12-19/h4-12,16H,13H2,1-3H3,(H,24,28)(H,25,29). The summed E-state index contributed by atoms with van der Waals surface area (Å²) in [6, 6.07) is 16.6. The number of anilines is 2. The molecule has 2 aromatic carbocycles. The summed E-state index contributed by atoms with van der Waals surface area (Å²) in [5, 5.41) is 10.3. The van der Waals surface area contributed by atoms with Crippen LogP contribution in [0.2, 0.25) is 5.02 Å². The summed E-state index contributed by atoms with van der Waals surface area (Å²) in [5.41, 5.74) is 3.39. The van der Waals surface area contributed by atoms with Crippen molar-refractivity contribution in [2.45, 2.75) is 26.0 Å². The van der Waals surface area contributed by atoms with Crippen LogP contribution in [-0.2, 0) is 9.59 Å². The molecule has 6 nitrogen and oxygen atoms in total. The second-order valence-corrected chi connectivity index (χ2v) is 8.68. The molecule has 0 aliphatic carbocycles. The van der Waals surface area contributed by atoms with Crippen LogP contribution in [0.4, 0.5) is 11.5 Å². The van der Waals surface area contributed by atoms with Crippen LogP contribution in [0.25, 0.3) is 5.69 Å². The molecule has 1 heterocycles. The van der Waals surface area contributed by atoms with E-state index in [1.165, 1.54) is 11.8 Å². The Balaban J connectivity index is 1.58. The Bertz CT molecular complexity index is 1050. The minimum absolute atomic E-state index is 0.150. The summed E-state index contributed by atoms with van der Waals surface area (Å²) >= 11 is 7.35. The van der Waals surface area contributed by atoms with E-state index in [2.05, 4.69) is 15.7 Å². The zero-order valence-corrected chi connectivity index (χ0v) is 18.6. The number of carbonyl (C=O) groups is 2. The van der Waals surface area contributed by atoms with Crippen molar-refractivity contribution < 1.29 is 9.59 Å². The highest BCUT2D eigenvalue weighted by molar-refractivity contribution is 8.01. The maximum Gasteiger partial charge on any atom is 0.238 e. The van der Waals surface area contributed by atoms with E-state index in [1.807, 2.05) is 50.2 Å². The minimum atomic E-state index is -0.420. The lowest BCUT2D eigenvalue weighted by molar-refractivity contribution is -0.115. The van der Waals surface area contributed by atoms with E-state index in [4.69, 9.17) is 11.6 Å². The third-order valence-corrected chi connectivity index (χ3v) is 5.68. The van der Waals surface area contributed by atoms with Crippen molar-refractivity contribution in [3.8, 4) is 5.69 Å². The van der Waals surface area contributed by atoms with E-state index < -0.39 is 5.25 Å². The molecule has 1 atom stereocenters. The average Bonchev–Trinajstić information content (AvgIpc) is 3.08. The van der Waals surface area contributed by atoms with Gasteiger partial charge in [0.2, 0.25) is 11.8 Å². The molecule has 0 saturated carbocycles. The summed E-state index contributed by atoms with van der Waals surface area (Å²) in [4.78, 5) is 24.8. The Morgan fingerprint density at radius 3 is 2.53 bits per heavy atom. The van der Waals surface area contributed by atoms with Crippen LogP contribution < -0.4 is 10.6 Å². The zero-order chi connectivity index (χ0) is 21.7. The highest BCUT2D eigenvalue weighted by Gasteiger charge is 2.18. The number of nitrogens with one attached hydrogen (secondary N) is 2. The van der Waals surface area contributed by atoms with E-state index in [0.717, 1.165) is 22.6 Å². The van der Waals surface area contributed by atoms with Crippen LogP contribution in [0.1, 0.15) is 18.2 Å². The molecule has 1 aromatic heterocycles. The number of nitrogens with zero attached hydrogens (tertiary/aromatic N) is 2. The van der Waals surface area contributed by atoms with Crippen LogP contribution in [0, 0.1) is 13.8 Å². The molecule has 0 bridgehead atoms. The average molecular weight is 443 g/mol. The normalized spacial score (nSPS) is 11.7. The fourth-order valence-electron chi connectivity index (χ4n) is 2.73. The molecule has 8 heteroatoms. The molecule has 0 aliphatic heterocycles. The Morgan fingerprint density at radius 2 is 1.83 bits per heavy atom. The molecule has 2 N–H and O–H groups in total. The molecule has 3 rings (SSSR count). The van der Waals surface area contributed by atoms with Gasteiger partial charge in [0.15, 0.2) is 0 Å². The Labute approximate surface area is 185 Å². The first-order valence-corrected chi connectivity index (χ1v) is 10.9. The van der Waals surface area contributed by atoms with Crippen molar-refractivity contribution in [3.63, 3.8) is 0 Å². The molecular formula is C22H23ClN4O2S. The number of aromatic nitrogens is 2. The van der Waals surface area contributed by atoms with E-state index >= 15 is 0 Å². The topological polar surface area (TPSA) is 76.0 Å². The highest BCUT2D eigenvalue weighted by Crippen LogP contribution is 2.21. The van der Waals surface area contributed by atoms with Crippen LogP contribution in [0.15, 0.2) is 54.6 Å². The van der Waals surface area contributed by atoms with Crippen molar-refractivity contribution in [1.29, 1.82) is 0 Å². The van der Waals surface area contributed by atoms with Crippen LogP contribution in [-0.4, -0.2) is 32.6 Å². The maximum atomic E-state index is 12.6. The molecule has 30 heavy (non-hydrogen) atoms. The second-order valence-electron chi connectivity index (χ2n) is 6.92. The number of thioether (sulfide) groups is 1. The quantitative estimate of drug-likeness (QED) is 0.548. The maximum absolute atomic E-state index is 12.6. The van der Waals surface area contributed by atoms with Crippen LogP contribution in [0.3, 0.4) is 0 Å². The lowest BCUT2D eigenvalue weighted by Gasteiger charge is -2.13. The molecule has 3 aromatic rings. The highest BCUT2D eigenvalue weighted by atomic mass is 35.5. The summed E-state index contributed by atoms with van der Waals surface area (Å²) in [6.07, 6.45) is 0. The minimum Gasteiger partial charge on any atom is -0.325 e. The molecule has 0 spiro atoms. The first-order valence-electron chi connectivity index (χ1n) is 9.43. The van der Waals surface area contributed by atoms with E-state index in [0.29, 0.717) is 10.8 Å². The van der Waals surface area contributed by atoms with E-state index in [9.17, 15) is 9.59 Å². The Kier molecular flexibility index (Phi) is 7.18. The van der Waals surface area contributed by atoms with Gasteiger partial charge in [-0.3, -0.25) is 9.59 Å². The van der Waals surface area contributed by atoms with Gasteiger partial charge in [-0.15, -0.1) is 11.8 Å². The smallest absolute Gasteiger partial charge is 0.238 e. The SMILES string of the molecule is Cc1ccc(NC(=O)CSC(C)C(=O)Nc2cc(C)nn2-c2cccc(Cl)c2)cc1. The Hall–Kier alpha value is -2.77. The van der Waals surface area contributed by atoms with Gasteiger partial charge in [-0.1, -0.05) is 35.4 Å². The first kappa shape index (κ1) is 21.9. The third kappa shape index (κ3) is 5.87. The lowest BCUT2D eigenvalue weighted by atomic mass is 10.2. The third-order valence-electron chi connectivity index (χ3n) is 4.30. The second kappa shape index (κ2) is 9.82. The van der Waals surface area contributed by atoms with Crippen LogP contribution >= 0.6 is 23.4 Å². The number of aryl methyl sites for hydroxylation is 2. The van der Waals surface area contributed by atoms with Gasteiger partial charge < -0.3 is 10.6 Å². The molecule has 0 radical (unpaired) electrons. The fraction of sp³-hybridized carbons (Fsp3) is 0.227. The predicted molar refractivity (Wildman–Crippen MR) is 124 cm³/mol. The summed E-state index contributed by atoms with van der Waals surface area (Å²) in [6.45, 7) is 5.61.